The van der Waals surface area contributed by atoms with Crippen LogP contribution in [-0.2, 0) is 16.6 Å². The van der Waals surface area contributed by atoms with E-state index in [4.69, 9.17) is 4.74 Å². The van der Waals surface area contributed by atoms with Crippen molar-refractivity contribution in [1.82, 2.24) is 30.1 Å². The zero-order chi connectivity index (χ0) is 20.6. The molecule has 3 rings (SSSR count). The first-order valence-electron chi connectivity index (χ1n) is 9.59. The fourth-order valence-corrected chi connectivity index (χ4v) is 3.81. The van der Waals surface area contributed by atoms with Crippen molar-refractivity contribution >= 4 is 29.5 Å². The smallest absolute Gasteiger partial charge is 0.339 e. The molecule has 1 fully saturated rings. The van der Waals surface area contributed by atoms with Crippen molar-refractivity contribution in [2.45, 2.75) is 24.9 Å². The Morgan fingerprint density at radius 3 is 2.76 bits per heavy atom. The molecule has 29 heavy (non-hydrogen) atoms. The zero-order valence-corrected chi connectivity index (χ0v) is 17.5. The summed E-state index contributed by atoms with van der Waals surface area (Å²) in [6, 6.07) is 3.56. The highest BCUT2D eigenvalue weighted by molar-refractivity contribution is 7.99. The van der Waals surface area contributed by atoms with Crippen LogP contribution in [0.25, 0.3) is 0 Å². The van der Waals surface area contributed by atoms with Gasteiger partial charge in [0.15, 0.2) is 0 Å². The lowest BCUT2D eigenvalue weighted by molar-refractivity contribution is -0.130. The van der Waals surface area contributed by atoms with Crippen LogP contribution in [0.4, 0.5) is 5.82 Å². The Balaban J connectivity index is 1.48. The molecule has 1 amide bonds. The fraction of sp³-hybridized carbons (Fsp3) is 0.556. The molecule has 1 aliphatic heterocycles. The molecule has 1 aliphatic rings. The maximum atomic E-state index is 12.6. The molecule has 0 radical (unpaired) electrons. The molecule has 2 aromatic rings. The SMILES string of the molecule is CCOC(=O)c1ccc(N2CCCN(C(=O)CCSc3nnnn3C)CC2)nc1. The largest absolute Gasteiger partial charge is 0.462 e. The van der Waals surface area contributed by atoms with Crippen LogP contribution < -0.4 is 4.90 Å². The van der Waals surface area contributed by atoms with Gasteiger partial charge in [0.1, 0.15) is 5.82 Å². The van der Waals surface area contributed by atoms with Crippen molar-refractivity contribution in [3.05, 3.63) is 23.9 Å². The quantitative estimate of drug-likeness (QED) is 0.480. The van der Waals surface area contributed by atoms with Crippen LogP contribution >= 0.6 is 11.8 Å². The van der Waals surface area contributed by atoms with Gasteiger partial charge in [-0.15, -0.1) is 5.10 Å². The molecule has 0 N–H and O–H groups in total. The molecule has 0 bridgehead atoms. The number of esters is 1. The van der Waals surface area contributed by atoms with Crippen molar-refractivity contribution in [1.29, 1.82) is 0 Å². The van der Waals surface area contributed by atoms with E-state index in [2.05, 4.69) is 25.4 Å². The first kappa shape index (κ1) is 21.0. The van der Waals surface area contributed by atoms with Crippen molar-refractivity contribution in [3.8, 4) is 0 Å². The third-order valence-corrected chi connectivity index (χ3v) is 5.57. The second-order valence-corrected chi connectivity index (χ2v) is 7.59. The molecule has 11 heteroatoms. The Morgan fingerprint density at radius 2 is 2.07 bits per heavy atom. The average molecular weight is 420 g/mol. The number of aromatic nitrogens is 5. The molecule has 2 aromatic heterocycles. The molecule has 0 unspecified atom stereocenters. The van der Waals surface area contributed by atoms with E-state index in [9.17, 15) is 9.59 Å². The van der Waals surface area contributed by atoms with Gasteiger partial charge in [0.2, 0.25) is 11.1 Å². The molecule has 1 saturated heterocycles. The number of carbonyl (C=O) groups excluding carboxylic acids is 2. The van der Waals surface area contributed by atoms with E-state index in [1.807, 2.05) is 11.0 Å². The Kier molecular flexibility index (Phi) is 7.39. The fourth-order valence-electron chi connectivity index (χ4n) is 3.04. The lowest BCUT2D eigenvalue weighted by atomic mass is 10.2. The van der Waals surface area contributed by atoms with Gasteiger partial charge in [0.05, 0.1) is 12.2 Å². The second kappa shape index (κ2) is 10.2. The van der Waals surface area contributed by atoms with Crippen LogP contribution in [0.3, 0.4) is 0 Å². The summed E-state index contributed by atoms with van der Waals surface area (Å²) in [6.45, 7) is 5.01. The van der Waals surface area contributed by atoms with Gasteiger partial charge >= 0.3 is 5.97 Å². The van der Waals surface area contributed by atoms with E-state index in [-0.39, 0.29) is 11.9 Å². The summed E-state index contributed by atoms with van der Waals surface area (Å²) in [5, 5.41) is 12.0. The Hall–Kier alpha value is -2.69. The molecule has 0 atom stereocenters. The highest BCUT2D eigenvalue weighted by Crippen LogP contribution is 2.17. The van der Waals surface area contributed by atoms with E-state index >= 15 is 0 Å². The number of anilines is 1. The minimum absolute atomic E-state index is 0.139. The van der Waals surface area contributed by atoms with Crippen molar-refractivity contribution in [2.24, 2.45) is 7.05 Å². The van der Waals surface area contributed by atoms with Crippen molar-refractivity contribution in [3.63, 3.8) is 0 Å². The number of carbonyl (C=O) groups is 2. The number of hydrogen-bond acceptors (Lipinski definition) is 9. The third-order valence-electron chi connectivity index (χ3n) is 4.56. The minimum atomic E-state index is -0.367. The molecule has 0 saturated carbocycles. The van der Waals surface area contributed by atoms with Crippen LogP contribution in [0.15, 0.2) is 23.5 Å². The Morgan fingerprint density at radius 1 is 1.21 bits per heavy atom. The molecule has 0 spiro atoms. The molecule has 10 nitrogen and oxygen atoms in total. The van der Waals surface area contributed by atoms with Crippen LogP contribution in [0.2, 0.25) is 0 Å². The highest BCUT2D eigenvalue weighted by Gasteiger charge is 2.20. The number of nitrogens with zero attached hydrogens (tertiary/aromatic N) is 7. The normalized spacial score (nSPS) is 14.6. The predicted molar refractivity (Wildman–Crippen MR) is 108 cm³/mol. The summed E-state index contributed by atoms with van der Waals surface area (Å²) in [4.78, 5) is 32.8. The van der Waals surface area contributed by atoms with E-state index in [0.29, 0.717) is 42.6 Å². The van der Waals surface area contributed by atoms with E-state index in [1.54, 1.807) is 30.9 Å². The van der Waals surface area contributed by atoms with Crippen LogP contribution in [0.5, 0.6) is 0 Å². The highest BCUT2D eigenvalue weighted by atomic mass is 32.2. The van der Waals surface area contributed by atoms with Crippen LogP contribution in [-0.4, -0.2) is 80.5 Å². The standard InChI is InChI=1S/C18H25N7O3S/c1-3-28-17(27)14-5-6-15(19-13-14)24-8-4-9-25(11-10-24)16(26)7-12-29-18-20-21-22-23(18)2/h5-6,13H,3-4,7-12H2,1-2H3. The van der Waals surface area contributed by atoms with E-state index < -0.39 is 0 Å². The maximum Gasteiger partial charge on any atom is 0.339 e. The summed E-state index contributed by atoms with van der Waals surface area (Å²) in [5.41, 5.74) is 0.442. The van der Waals surface area contributed by atoms with Gasteiger partial charge in [-0.05, 0) is 35.9 Å². The molecular formula is C18H25N7O3S. The summed E-state index contributed by atoms with van der Waals surface area (Å²) in [6.07, 6.45) is 2.86. The van der Waals surface area contributed by atoms with Crippen molar-refractivity contribution in [2.75, 3.05) is 43.4 Å². The summed E-state index contributed by atoms with van der Waals surface area (Å²) < 4.78 is 6.58. The monoisotopic (exact) mass is 419 g/mol. The summed E-state index contributed by atoms with van der Waals surface area (Å²) >= 11 is 1.48. The summed E-state index contributed by atoms with van der Waals surface area (Å²) in [5.74, 6) is 1.22. The average Bonchev–Trinajstić information content (AvgIpc) is 2.99. The number of aryl methyl sites for hydroxylation is 1. The lowest BCUT2D eigenvalue weighted by Crippen LogP contribution is -2.35. The predicted octanol–water partition coefficient (Wildman–Crippen LogP) is 1.00. The number of hydrogen-bond donors (Lipinski definition) is 0. The third kappa shape index (κ3) is 5.66. The number of amides is 1. The first-order chi connectivity index (χ1) is 14.1. The second-order valence-electron chi connectivity index (χ2n) is 6.53. The number of pyridine rings is 1. The topological polar surface area (TPSA) is 106 Å². The van der Waals surface area contributed by atoms with E-state index in [1.165, 1.54) is 11.8 Å². The van der Waals surface area contributed by atoms with Crippen LogP contribution in [0.1, 0.15) is 30.1 Å². The zero-order valence-electron chi connectivity index (χ0n) is 16.7. The number of ether oxygens (including phenoxy) is 1. The van der Waals surface area contributed by atoms with Gasteiger partial charge in [-0.3, -0.25) is 4.79 Å². The number of thioether (sulfide) groups is 1. The molecule has 0 aliphatic carbocycles. The molecular weight excluding hydrogens is 394 g/mol. The Labute approximate surface area is 173 Å². The van der Waals surface area contributed by atoms with Gasteiger partial charge in [0.25, 0.3) is 0 Å². The summed E-state index contributed by atoms with van der Waals surface area (Å²) in [7, 11) is 1.78. The number of tetrazole rings is 1. The van der Waals surface area contributed by atoms with Gasteiger partial charge in [-0.2, -0.15) is 0 Å². The Bertz CT molecular complexity index is 827. The van der Waals surface area contributed by atoms with Gasteiger partial charge < -0.3 is 14.5 Å². The minimum Gasteiger partial charge on any atom is -0.462 e. The molecule has 156 valence electrons. The lowest BCUT2D eigenvalue weighted by Gasteiger charge is -2.23. The molecule has 3 heterocycles. The van der Waals surface area contributed by atoms with Crippen LogP contribution in [0, 0.1) is 0 Å². The maximum absolute atomic E-state index is 12.6. The van der Waals surface area contributed by atoms with Gasteiger partial charge in [0, 0.05) is 51.6 Å². The first-order valence-corrected chi connectivity index (χ1v) is 10.6. The van der Waals surface area contributed by atoms with Crippen molar-refractivity contribution < 1.29 is 14.3 Å². The van der Waals surface area contributed by atoms with Gasteiger partial charge in [-0.1, -0.05) is 11.8 Å². The van der Waals surface area contributed by atoms with E-state index in [0.717, 1.165) is 25.3 Å². The molecule has 0 aromatic carbocycles. The van der Waals surface area contributed by atoms with Gasteiger partial charge in [-0.25, -0.2) is 14.5 Å². The number of rotatable bonds is 7.